The van der Waals surface area contributed by atoms with Crippen LogP contribution >= 0.6 is 0 Å². The van der Waals surface area contributed by atoms with E-state index >= 15 is 0 Å². The topological polar surface area (TPSA) is 89.9 Å². The van der Waals surface area contributed by atoms with E-state index < -0.39 is 0 Å². The average molecular weight is 388 g/mol. The Kier molecular flexibility index (Phi) is 4.31. The number of carbonyl (C=O) groups is 1. The smallest absolute Gasteiger partial charge is 0.274 e. The van der Waals surface area contributed by atoms with Gasteiger partial charge in [0, 0.05) is 43.8 Å². The maximum atomic E-state index is 12.6. The lowest BCUT2D eigenvalue weighted by Gasteiger charge is -2.29. The van der Waals surface area contributed by atoms with Gasteiger partial charge in [-0.05, 0) is 30.4 Å². The number of hydrogen-bond acceptors (Lipinski definition) is 6. The molecule has 0 saturated carbocycles. The Morgan fingerprint density at radius 1 is 1.10 bits per heavy atom. The Hall–Kier alpha value is -3.55. The number of piperidine rings is 1. The number of fused-ring (bicyclic) bond motifs is 1. The van der Waals surface area contributed by atoms with Gasteiger partial charge in [-0.1, -0.05) is 24.3 Å². The number of likely N-dealkylation sites (tertiary alicyclic amines) is 1. The molecule has 0 unspecified atom stereocenters. The van der Waals surface area contributed by atoms with E-state index in [9.17, 15) is 4.79 Å². The van der Waals surface area contributed by atoms with E-state index in [1.54, 1.807) is 30.2 Å². The average Bonchev–Trinajstić information content (AvgIpc) is 3.42. The van der Waals surface area contributed by atoms with Crippen LogP contribution in [-0.4, -0.2) is 48.9 Å². The van der Waals surface area contributed by atoms with Crippen molar-refractivity contribution in [3.63, 3.8) is 0 Å². The number of amides is 1. The van der Waals surface area contributed by atoms with Gasteiger partial charge in [-0.3, -0.25) is 14.5 Å². The molecule has 146 valence electrons. The second-order valence-electron chi connectivity index (χ2n) is 7.27. The maximum Gasteiger partial charge on any atom is 0.274 e. The van der Waals surface area contributed by atoms with E-state index in [1.165, 1.54) is 0 Å². The molecule has 29 heavy (non-hydrogen) atoms. The molecule has 0 aliphatic carbocycles. The molecule has 1 aliphatic heterocycles. The van der Waals surface area contributed by atoms with Crippen LogP contribution in [0.3, 0.4) is 0 Å². The number of carbonyl (C=O) groups excluding carboxylic acids is 1. The van der Waals surface area contributed by atoms with Crippen molar-refractivity contribution in [3.8, 4) is 11.6 Å². The van der Waals surface area contributed by atoms with E-state index in [0.717, 1.165) is 23.6 Å². The van der Waals surface area contributed by atoms with Crippen molar-refractivity contribution in [1.29, 1.82) is 0 Å². The van der Waals surface area contributed by atoms with Gasteiger partial charge in [-0.15, -0.1) is 10.2 Å². The number of aryl methyl sites for hydroxylation is 1. The van der Waals surface area contributed by atoms with E-state index in [4.69, 9.17) is 4.42 Å². The third-order valence-electron chi connectivity index (χ3n) is 5.38. The standard InChI is InChI=1S/C21H20N6O2/c1-26-11-9-17(25-26)21(28)27-12-7-15(8-13-27)19-23-24-20(29-19)18-16-5-3-2-4-14(16)6-10-22-18/h2-6,9-11,15H,7-8,12-13H2,1H3. The van der Waals surface area contributed by atoms with E-state index in [-0.39, 0.29) is 11.8 Å². The maximum absolute atomic E-state index is 12.6. The van der Waals surface area contributed by atoms with Gasteiger partial charge in [0.2, 0.25) is 5.89 Å². The van der Waals surface area contributed by atoms with E-state index in [1.807, 2.05) is 35.2 Å². The summed E-state index contributed by atoms with van der Waals surface area (Å²) in [6, 6.07) is 11.7. The Bertz CT molecular complexity index is 1170. The van der Waals surface area contributed by atoms with Gasteiger partial charge in [0.25, 0.3) is 11.8 Å². The van der Waals surface area contributed by atoms with Crippen molar-refractivity contribution in [2.45, 2.75) is 18.8 Å². The zero-order chi connectivity index (χ0) is 19.8. The molecule has 5 rings (SSSR count). The van der Waals surface area contributed by atoms with Gasteiger partial charge >= 0.3 is 0 Å². The summed E-state index contributed by atoms with van der Waals surface area (Å²) in [5.74, 6) is 1.15. The molecule has 1 aromatic carbocycles. The molecule has 1 amide bonds. The van der Waals surface area contributed by atoms with Crippen molar-refractivity contribution in [2.24, 2.45) is 7.05 Å². The second kappa shape index (κ2) is 7.12. The molecule has 8 heteroatoms. The molecular weight excluding hydrogens is 368 g/mol. The quantitative estimate of drug-likeness (QED) is 0.536. The highest BCUT2D eigenvalue weighted by molar-refractivity contribution is 5.93. The molecule has 0 spiro atoms. The number of benzene rings is 1. The number of rotatable bonds is 3. The Labute approximate surface area is 167 Å². The fourth-order valence-electron chi connectivity index (χ4n) is 3.81. The first-order valence-electron chi connectivity index (χ1n) is 9.65. The molecule has 1 saturated heterocycles. The molecule has 1 fully saturated rings. The molecule has 1 aliphatic rings. The monoisotopic (exact) mass is 388 g/mol. The van der Waals surface area contributed by atoms with Crippen LogP contribution in [0.1, 0.15) is 35.1 Å². The summed E-state index contributed by atoms with van der Waals surface area (Å²) >= 11 is 0. The first-order chi connectivity index (χ1) is 14.2. The van der Waals surface area contributed by atoms with Crippen LogP contribution in [0.4, 0.5) is 0 Å². The summed E-state index contributed by atoms with van der Waals surface area (Å²) in [5.41, 5.74) is 1.18. The first-order valence-corrected chi connectivity index (χ1v) is 9.65. The van der Waals surface area contributed by atoms with Gasteiger partial charge in [-0.25, -0.2) is 0 Å². The van der Waals surface area contributed by atoms with Gasteiger partial charge in [0.1, 0.15) is 11.4 Å². The van der Waals surface area contributed by atoms with Crippen molar-refractivity contribution >= 4 is 16.7 Å². The molecular formula is C21H20N6O2. The van der Waals surface area contributed by atoms with Crippen LogP contribution in [0, 0.1) is 0 Å². The molecule has 4 heterocycles. The summed E-state index contributed by atoms with van der Waals surface area (Å²) < 4.78 is 7.64. The van der Waals surface area contributed by atoms with Gasteiger partial charge in [-0.2, -0.15) is 5.10 Å². The molecule has 8 nitrogen and oxygen atoms in total. The summed E-state index contributed by atoms with van der Waals surface area (Å²) in [6.45, 7) is 1.29. The summed E-state index contributed by atoms with van der Waals surface area (Å²) in [6.07, 6.45) is 5.09. The van der Waals surface area contributed by atoms with Gasteiger partial charge < -0.3 is 9.32 Å². The van der Waals surface area contributed by atoms with Crippen LogP contribution in [0.15, 0.2) is 53.2 Å². The lowest BCUT2D eigenvalue weighted by atomic mass is 9.96. The molecule has 0 bridgehead atoms. The Balaban J connectivity index is 1.31. The van der Waals surface area contributed by atoms with E-state index in [0.29, 0.717) is 36.3 Å². The minimum atomic E-state index is -0.0322. The highest BCUT2D eigenvalue weighted by atomic mass is 16.4. The Morgan fingerprint density at radius 3 is 2.72 bits per heavy atom. The molecule has 3 aromatic heterocycles. The van der Waals surface area contributed by atoms with Gasteiger partial charge in [0.05, 0.1) is 0 Å². The highest BCUT2D eigenvalue weighted by Gasteiger charge is 2.29. The largest absolute Gasteiger partial charge is 0.419 e. The van der Waals surface area contributed by atoms with Crippen LogP contribution < -0.4 is 0 Å². The molecule has 0 N–H and O–H groups in total. The Morgan fingerprint density at radius 2 is 1.93 bits per heavy atom. The number of hydrogen-bond donors (Lipinski definition) is 0. The first kappa shape index (κ1) is 17.5. The summed E-state index contributed by atoms with van der Waals surface area (Å²) in [5, 5.41) is 14.8. The number of aromatic nitrogens is 5. The molecule has 0 atom stereocenters. The third-order valence-corrected chi connectivity index (χ3v) is 5.38. The molecule has 4 aromatic rings. The minimum absolute atomic E-state index is 0.0322. The van der Waals surface area contributed by atoms with Crippen LogP contribution in [0.5, 0.6) is 0 Å². The van der Waals surface area contributed by atoms with Gasteiger partial charge in [0.15, 0.2) is 0 Å². The number of nitrogens with zero attached hydrogens (tertiary/aromatic N) is 6. The highest BCUT2D eigenvalue weighted by Crippen LogP contribution is 2.31. The predicted molar refractivity (Wildman–Crippen MR) is 106 cm³/mol. The third kappa shape index (κ3) is 3.26. The van der Waals surface area contributed by atoms with Crippen LogP contribution in [0.25, 0.3) is 22.4 Å². The lowest BCUT2D eigenvalue weighted by molar-refractivity contribution is 0.0699. The zero-order valence-electron chi connectivity index (χ0n) is 16.0. The SMILES string of the molecule is Cn1ccc(C(=O)N2CCC(c3nnc(-c4nccc5ccccc45)o3)CC2)n1. The fourth-order valence-corrected chi connectivity index (χ4v) is 3.81. The van der Waals surface area contributed by atoms with Crippen LogP contribution in [-0.2, 0) is 7.05 Å². The second-order valence-corrected chi connectivity index (χ2v) is 7.27. The lowest BCUT2D eigenvalue weighted by Crippen LogP contribution is -2.38. The minimum Gasteiger partial charge on any atom is -0.419 e. The van der Waals surface area contributed by atoms with Crippen molar-refractivity contribution in [2.75, 3.05) is 13.1 Å². The van der Waals surface area contributed by atoms with Crippen molar-refractivity contribution < 1.29 is 9.21 Å². The number of pyridine rings is 1. The predicted octanol–water partition coefficient (Wildman–Crippen LogP) is 3.04. The fraction of sp³-hybridized carbons (Fsp3) is 0.286. The van der Waals surface area contributed by atoms with Crippen molar-refractivity contribution in [1.82, 2.24) is 29.9 Å². The normalized spacial score (nSPS) is 15.1. The van der Waals surface area contributed by atoms with Crippen LogP contribution in [0.2, 0.25) is 0 Å². The van der Waals surface area contributed by atoms with E-state index in [2.05, 4.69) is 20.3 Å². The summed E-state index contributed by atoms with van der Waals surface area (Å²) in [4.78, 5) is 18.8. The summed E-state index contributed by atoms with van der Waals surface area (Å²) in [7, 11) is 1.81. The van der Waals surface area contributed by atoms with Crippen molar-refractivity contribution in [3.05, 3.63) is 60.4 Å². The zero-order valence-corrected chi connectivity index (χ0v) is 16.0. The molecule has 0 radical (unpaired) electrons.